The Morgan fingerprint density at radius 3 is 2.80 bits per heavy atom. The smallest absolute Gasteiger partial charge is 0.143 e. The minimum Gasteiger partial charge on any atom is -0.496 e. The number of benzene rings is 2. The Balaban J connectivity index is 2.24. The molecule has 102 valence electrons. The zero-order valence-corrected chi connectivity index (χ0v) is 11.4. The van der Waals surface area contributed by atoms with Gasteiger partial charge in [-0.1, -0.05) is 23.8 Å². The second-order valence-corrected chi connectivity index (χ2v) is 4.44. The van der Waals surface area contributed by atoms with Crippen LogP contribution in [0.1, 0.15) is 16.7 Å². The van der Waals surface area contributed by atoms with Gasteiger partial charge in [-0.15, -0.1) is 0 Å². The number of methoxy groups -OCH3 is 1. The molecule has 0 aliphatic rings. The molecule has 0 aromatic heterocycles. The van der Waals surface area contributed by atoms with Crippen molar-refractivity contribution < 1.29 is 9.13 Å². The lowest BCUT2D eigenvalue weighted by Crippen LogP contribution is -2.04. The number of rotatable bonds is 4. The van der Waals surface area contributed by atoms with E-state index < -0.39 is 5.82 Å². The summed E-state index contributed by atoms with van der Waals surface area (Å²) in [6, 6.07) is 12.3. The first-order valence-electron chi connectivity index (χ1n) is 6.21. The van der Waals surface area contributed by atoms with Gasteiger partial charge in [-0.2, -0.15) is 5.26 Å². The highest BCUT2D eigenvalue weighted by atomic mass is 19.1. The molecule has 0 fully saturated rings. The third-order valence-corrected chi connectivity index (χ3v) is 3.03. The summed E-state index contributed by atoms with van der Waals surface area (Å²) in [6.07, 6.45) is 0. The van der Waals surface area contributed by atoms with Crippen molar-refractivity contribution in [2.75, 3.05) is 12.4 Å². The van der Waals surface area contributed by atoms with Crippen LogP contribution in [-0.4, -0.2) is 7.11 Å². The fourth-order valence-electron chi connectivity index (χ4n) is 2.02. The van der Waals surface area contributed by atoms with Gasteiger partial charge in [-0.25, -0.2) is 4.39 Å². The summed E-state index contributed by atoms with van der Waals surface area (Å²) < 4.78 is 18.8. The molecule has 0 saturated carbocycles. The Labute approximate surface area is 117 Å². The summed E-state index contributed by atoms with van der Waals surface area (Å²) in [4.78, 5) is 0. The van der Waals surface area contributed by atoms with E-state index in [9.17, 15) is 4.39 Å². The molecule has 0 amide bonds. The van der Waals surface area contributed by atoms with Crippen LogP contribution in [0.2, 0.25) is 0 Å². The molecule has 0 unspecified atom stereocenters. The van der Waals surface area contributed by atoms with Gasteiger partial charge in [0.25, 0.3) is 0 Å². The first kappa shape index (κ1) is 13.9. The molecule has 0 spiro atoms. The van der Waals surface area contributed by atoms with E-state index >= 15 is 0 Å². The van der Waals surface area contributed by atoms with Gasteiger partial charge in [0.15, 0.2) is 0 Å². The fraction of sp³-hybridized carbons (Fsp3) is 0.188. The lowest BCUT2D eigenvalue weighted by atomic mass is 10.1. The number of aryl methyl sites for hydroxylation is 1. The van der Waals surface area contributed by atoms with E-state index in [0.29, 0.717) is 12.2 Å². The van der Waals surface area contributed by atoms with E-state index in [1.165, 1.54) is 6.07 Å². The second kappa shape index (κ2) is 6.07. The summed E-state index contributed by atoms with van der Waals surface area (Å²) in [5, 5.41) is 12.1. The number of anilines is 1. The fourth-order valence-corrected chi connectivity index (χ4v) is 2.02. The maximum absolute atomic E-state index is 13.5. The summed E-state index contributed by atoms with van der Waals surface area (Å²) in [6.45, 7) is 2.45. The first-order chi connectivity index (χ1) is 9.65. The minimum atomic E-state index is -0.520. The second-order valence-electron chi connectivity index (χ2n) is 4.44. The zero-order valence-electron chi connectivity index (χ0n) is 11.4. The molecule has 2 rings (SSSR count). The molecule has 2 aromatic carbocycles. The topological polar surface area (TPSA) is 45.0 Å². The molecule has 0 aliphatic carbocycles. The largest absolute Gasteiger partial charge is 0.496 e. The average Bonchev–Trinajstić information content (AvgIpc) is 2.45. The van der Waals surface area contributed by atoms with Crippen LogP contribution in [0.3, 0.4) is 0 Å². The standard InChI is InChI=1S/C16H15FN2O/c1-11-6-7-16(20-2)12(8-11)10-19-15-5-3-4-14(17)13(15)9-18/h3-8,19H,10H2,1-2H3. The third-order valence-electron chi connectivity index (χ3n) is 3.03. The van der Waals surface area contributed by atoms with Crippen molar-refractivity contribution >= 4 is 5.69 Å². The maximum Gasteiger partial charge on any atom is 0.143 e. The van der Waals surface area contributed by atoms with Gasteiger partial charge in [0.05, 0.1) is 12.8 Å². The lowest BCUT2D eigenvalue weighted by molar-refractivity contribution is 0.410. The molecular weight excluding hydrogens is 255 g/mol. The van der Waals surface area contributed by atoms with Gasteiger partial charge in [0.2, 0.25) is 0 Å². The van der Waals surface area contributed by atoms with Crippen molar-refractivity contribution in [3.05, 3.63) is 58.9 Å². The van der Waals surface area contributed by atoms with Crippen molar-refractivity contribution in [3.8, 4) is 11.8 Å². The Kier molecular flexibility index (Phi) is 4.21. The van der Waals surface area contributed by atoms with Crippen LogP contribution in [0.5, 0.6) is 5.75 Å². The lowest BCUT2D eigenvalue weighted by Gasteiger charge is -2.12. The average molecular weight is 270 g/mol. The van der Waals surface area contributed by atoms with Gasteiger partial charge in [0, 0.05) is 12.1 Å². The number of nitriles is 1. The van der Waals surface area contributed by atoms with Crippen molar-refractivity contribution in [2.24, 2.45) is 0 Å². The van der Waals surface area contributed by atoms with Crippen LogP contribution in [0.4, 0.5) is 10.1 Å². The highest BCUT2D eigenvalue weighted by Crippen LogP contribution is 2.23. The molecule has 0 atom stereocenters. The van der Waals surface area contributed by atoms with Gasteiger partial charge in [-0.3, -0.25) is 0 Å². The Bertz CT molecular complexity index is 662. The van der Waals surface area contributed by atoms with Crippen LogP contribution in [0.25, 0.3) is 0 Å². The number of halogens is 1. The van der Waals surface area contributed by atoms with E-state index in [0.717, 1.165) is 16.9 Å². The predicted octanol–water partition coefficient (Wildman–Crippen LogP) is 3.63. The van der Waals surface area contributed by atoms with E-state index in [4.69, 9.17) is 10.00 Å². The number of nitrogens with zero attached hydrogens (tertiary/aromatic N) is 1. The van der Waals surface area contributed by atoms with Gasteiger partial charge in [-0.05, 0) is 25.1 Å². The molecule has 0 aliphatic heterocycles. The van der Waals surface area contributed by atoms with Gasteiger partial charge >= 0.3 is 0 Å². The van der Waals surface area contributed by atoms with Crippen molar-refractivity contribution in [3.63, 3.8) is 0 Å². The maximum atomic E-state index is 13.5. The quantitative estimate of drug-likeness (QED) is 0.922. The van der Waals surface area contributed by atoms with Crippen molar-refractivity contribution in [1.29, 1.82) is 5.26 Å². The van der Waals surface area contributed by atoms with Crippen molar-refractivity contribution in [2.45, 2.75) is 13.5 Å². The Hall–Kier alpha value is -2.54. The van der Waals surface area contributed by atoms with Gasteiger partial charge < -0.3 is 10.1 Å². The molecule has 0 heterocycles. The third kappa shape index (κ3) is 2.89. The van der Waals surface area contributed by atoms with Crippen LogP contribution in [0.15, 0.2) is 36.4 Å². The van der Waals surface area contributed by atoms with E-state index in [2.05, 4.69) is 5.32 Å². The number of hydrogen-bond donors (Lipinski definition) is 1. The van der Waals surface area contributed by atoms with Crippen LogP contribution in [-0.2, 0) is 6.54 Å². The molecule has 0 radical (unpaired) electrons. The van der Waals surface area contributed by atoms with Crippen molar-refractivity contribution in [1.82, 2.24) is 0 Å². The zero-order chi connectivity index (χ0) is 14.5. The molecule has 1 N–H and O–H groups in total. The predicted molar refractivity (Wildman–Crippen MR) is 76.2 cm³/mol. The minimum absolute atomic E-state index is 0.0270. The molecular formula is C16H15FN2O. The van der Waals surface area contributed by atoms with E-state index in [-0.39, 0.29) is 5.56 Å². The molecule has 4 heteroatoms. The van der Waals surface area contributed by atoms with Crippen LogP contribution < -0.4 is 10.1 Å². The van der Waals surface area contributed by atoms with Crippen LogP contribution >= 0.6 is 0 Å². The van der Waals surface area contributed by atoms with E-state index in [1.807, 2.05) is 31.2 Å². The summed E-state index contributed by atoms with van der Waals surface area (Å²) in [5.74, 6) is 0.242. The Morgan fingerprint density at radius 2 is 2.10 bits per heavy atom. The molecule has 20 heavy (non-hydrogen) atoms. The Morgan fingerprint density at radius 1 is 1.30 bits per heavy atom. The molecule has 2 aromatic rings. The summed E-state index contributed by atoms with van der Waals surface area (Å²) >= 11 is 0. The normalized spacial score (nSPS) is 9.90. The first-order valence-corrected chi connectivity index (χ1v) is 6.21. The summed E-state index contributed by atoms with van der Waals surface area (Å²) in [5.41, 5.74) is 2.58. The summed E-state index contributed by atoms with van der Waals surface area (Å²) in [7, 11) is 1.61. The molecule has 0 bridgehead atoms. The monoisotopic (exact) mass is 270 g/mol. The SMILES string of the molecule is COc1ccc(C)cc1CNc1cccc(F)c1C#N. The van der Waals surface area contributed by atoms with Gasteiger partial charge in [0.1, 0.15) is 23.2 Å². The number of ether oxygens (including phenoxy) is 1. The number of nitrogens with one attached hydrogen (secondary N) is 1. The van der Waals surface area contributed by atoms with Crippen LogP contribution in [0, 0.1) is 24.1 Å². The number of hydrogen-bond acceptors (Lipinski definition) is 3. The van der Waals surface area contributed by atoms with E-state index in [1.54, 1.807) is 19.2 Å². The highest BCUT2D eigenvalue weighted by molar-refractivity contribution is 5.58. The molecule has 3 nitrogen and oxygen atoms in total. The highest BCUT2D eigenvalue weighted by Gasteiger charge is 2.08. The molecule has 0 saturated heterocycles.